The fourth-order valence-electron chi connectivity index (χ4n) is 2.72. The molecule has 28 heavy (non-hydrogen) atoms. The minimum atomic E-state index is -3.94. The summed E-state index contributed by atoms with van der Waals surface area (Å²) in [5, 5.41) is 11.4. The predicted molar refractivity (Wildman–Crippen MR) is 103 cm³/mol. The maximum Gasteiger partial charge on any atom is 0.356 e. The summed E-state index contributed by atoms with van der Waals surface area (Å²) in [6.45, 7) is 0. The van der Waals surface area contributed by atoms with Crippen molar-refractivity contribution < 1.29 is 32.1 Å². The lowest BCUT2D eigenvalue weighted by molar-refractivity contribution is -0.150. The van der Waals surface area contributed by atoms with Crippen molar-refractivity contribution >= 4 is 51.4 Å². The first-order valence-electron chi connectivity index (χ1n) is 7.95. The third-order valence-electron chi connectivity index (χ3n) is 3.82. The summed E-state index contributed by atoms with van der Waals surface area (Å²) < 4.78 is 27.4. The van der Waals surface area contributed by atoms with Crippen molar-refractivity contribution in [1.29, 1.82) is 0 Å². The lowest BCUT2D eigenvalue weighted by Crippen LogP contribution is -2.70. The normalized spacial score (nSPS) is 21.6. The second kappa shape index (κ2) is 8.05. The van der Waals surface area contributed by atoms with E-state index in [0.717, 1.165) is 27.8 Å². The maximum atomic E-state index is 12.4. The van der Waals surface area contributed by atoms with Gasteiger partial charge >= 0.3 is 16.1 Å². The number of thioether (sulfide) groups is 2. The summed E-state index contributed by atoms with van der Waals surface area (Å²) >= 11 is 2.44. The molecule has 2 aliphatic rings. The van der Waals surface area contributed by atoms with Crippen LogP contribution in [-0.4, -0.2) is 65.4 Å². The minimum Gasteiger partial charge on any atom is -0.476 e. The molecule has 0 saturated carbocycles. The molecule has 2 N–H and O–H groups in total. The maximum absolute atomic E-state index is 12.4. The standard InChI is InChI=1S/C16H16N2O7S3/c1-28(23,24)25-10-7-27-15-12(14(20)18(15)13(10)16(21)22)17-11(19)8-26-9-5-3-2-4-6-9/h2-6,12,15H,7-8H2,1H3,(H,17,19)(H,21,22)/t12-,15+/m1/s1. The lowest BCUT2D eigenvalue weighted by Gasteiger charge is -2.48. The molecule has 9 nitrogen and oxygen atoms in total. The summed E-state index contributed by atoms with van der Waals surface area (Å²) in [7, 11) is -3.94. The predicted octanol–water partition coefficient (Wildman–Crippen LogP) is 0.451. The van der Waals surface area contributed by atoms with Crippen LogP contribution in [0.15, 0.2) is 46.7 Å². The van der Waals surface area contributed by atoms with Crippen molar-refractivity contribution in [3.8, 4) is 0 Å². The molecule has 0 bridgehead atoms. The number of fused-ring (bicyclic) bond motifs is 1. The second-order valence-electron chi connectivity index (χ2n) is 5.92. The van der Waals surface area contributed by atoms with Crippen LogP contribution < -0.4 is 5.32 Å². The Hall–Kier alpha value is -2.18. The topological polar surface area (TPSA) is 130 Å². The quantitative estimate of drug-likeness (QED) is 0.350. The van der Waals surface area contributed by atoms with E-state index < -0.39 is 39.1 Å². The highest BCUT2D eigenvalue weighted by Gasteiger charge is 2.55. The molecule has 0 spiro atoms. The van der Waals surface area contributed by atoms with E-state index in [1.807, 2.05) is 30.3 Å². The van der Waals surface area contributed by atoms with Crippen molar-refractivity contribution in [1.82, 2.24) is 10.2 Å². The number of β-lactam (4-membered cyclic amide) rings is 1. The highest BCUT2D eigenvalue weighted by atomic mass is 32.2. The first kappa shape index (κ1) is 20.6. The fourth-order valence-corrected chi connectivity index (χ4v) is 5.28. The number of amides is 2. The van der Waals surface area contributed by atoms with Gasteiger partial charge in [0.05, 0.1) is 17.8 Å². The molecule has 2 heterocycles. The number of hydrogen-bond acceptors (Lipinski definition) is 8. The fraction of sp³-hybridized carbons (Fsp3) is 0.312. The number of carboxylic acid groups (broad SMARTS) is 1. The number of benzene rings is 1. The Morgan fingerprint density at radius 2 is 2.04 bits per heavy atom. The third-order valence-corrected chi connectivity index (χ3v) is 6.59. The monoisotopic (exact) mass is 444 g/mol. The molecule has 0 radical (unpaired) electrons. The number of hydrogen-bond donors (Lipinski definition) is 2. The van der Waals surface area contributed by atoms with Gasteiger partial charge in [-0.25, -0.2) is 4.79 Å². The Labute approximate surface area is 169 Å². The van der Waals surface area contributed by atoms with Crippen molar-refractivity contribution in [2.24, 2.45) is 0 Å². The number of nitrogens with one attached hydrogen (secondary N) is 1. The number of nitrogens with zero attached hydrogens (tertiary/aromatic N) is 1. The van der Waals surface area contributed by atoms with Crippen molar-refractivity contribution in [2.75, 3.05) is 17.8 Å². The molecule has 2 aliphatic heterocycles. The van der Waals surface area contributed by atoms with Crippen LogP contribution >= 0.6 is 23.5 Å². The van der Waals surface area contributed by atoms with E-state index in [0.29, 0.717) is 0 Å². The number of carbonyl (C=O) groups excluding carboxylic acids is 2. The minimum absolute atomic E-state index is 0.0473. The molecule has 1 aromatic rings. The molecule has 12 heteroatoms. The Balaban J connectivity index is 1.66. The number of carbonyl (C=O) groups is 3. The Morgan fingerprint density at radius 3 is 2.64 bits per heavy atom. The summed E-state index contributed by atoms with van der Waals surface area (Å²) in [5.41, 5.74) is -0.511. The molecule has 3 rings (SSSR count). The average Bonchev–Trinajstić information content (AvgIpc) is 2.63. The highest BCUT2D eigenvalue weighted by Crippen LogP contribution is 2.41. The van der Waals surface area contributed by atoms with Crippen molar-refractivity contribution in [3.05, 3.63) is 41.8 Å². The van der Waals surface area contributed by atoms with Gasteiger partial charge in [-0.15, -0.1) is 23.5 Å². The van der Waals surface area contributed by atoms with Gasteiger partial charge in [0.25, 0.3) is 5.91 Å². The molecule has 150 valence electrons. The van der Waals surface area contributed by atoms with E-state index in [9.17, 15) is 27.9 Å². The zero-order valence-corrected chi connectivity index (χ0v) is 17.0. The molecule has 0 aliphatic carbocycles. The van der Waals surface area contributed by atoms with E-state index in [1.54, 1.807) is 0 Å². The number of rotatable bonds is 7. The van der Waals surface area contributed by atoms with Crippen LogP contribution in [0.2, 0.25) is 0 Å². The second-order valence-corrected chi connectivity index (χ2v) is 9.65. The first-order valence-corrected chi connectivity index (χ1v) is 11.8. The van der Waals surface area contributed by atoms with Gasteiger partial charge < -0.3 is 14.6 Å². The van der Waals surface area contributed by atoms with Crippen LogP contribution in [-0.2, 0) is 28.7 Å². The summed E-state index contributed by atoms with van der Waals surface area (Å²) in [5.74, 6) is -2.70. The molecule has 2 amide bonds. The highest BCUT2D eigenvalue weighted by molar-refractivity contribution is 8.00. The van der Waals surface area contributed by atoms with Gasteiger partial charge in [-0.2, -0.15) is 8.42 Å². The number of carboxylic acids is 1. The van der Waals surface area contributed by atoms with E-state index in [4.69, 9.17) is 4.18 Å². The van der Waals surface area contributed by atoms with E-state index >= 15 is 0 Å². The van der Waals surface area contributed by atoms with E-state index in [-0.39, 0.29) is 23.2 Å². The average molecular weight is 445 g/mol. The Morgan fingerprint density at radius 1 is 1.36 bits per heavy atom. The molecule has 1 fully saturated rings. The molecule has 2 atom stereocenters. The van der Waals surface area contributed by atoms with Crippen LogP contribution in [0.5, 0.6) is 0 Å². The molecular weight excluding hydrogens is 428 g/mol. The van der Waals surface area contributed by atoms with Gasteiger partial charge in [0.15, 0.2) is 11.5 Å². The van der Waals surface area contributed by atoms with Crippen molar-refractivity contribution in [3.63, 3.8) is 0 Å². The van der Waals surface area contributed by atoms with Gasteiger partial charge in [0, 0.05) is 4.90 Å². The van der Waals surface area contributed by atoms with Gasteiger partial charge in [-0.05, 0) is 12.1 Å². The zero-order valence-electron chi connectivity index (χ0n) is 14.5. The molecule has 1 saturated heterocycles. The van der Waals surface area contributed by atoms with Crippen LogP contribution in [0.4, 0.5) is 0 Å². The van der Waals surface area contributed by atoms with Crippen molar-refractivity contribution in [2.45, 2.75) is 16.3 Å². The lowest BCUT2D eigenvalue weighted by atomic mass is 10.0. The largest absolute Gasteiger partial charge is 0.476 e. The number of aliphatic carboxylic acids is 1. The molecule has 0 aromatic heterocycles. The molecule has 1 aromatic carbocycles. The van der Waals surface area contributed by atoms with Gasteiger partial charge in [0.2, 0.25) is 5.91 Å². The summed E-state index contributed by atoms with van der Waals surface area (Å²) in [6.07, 6.45) is 0.793. The zero-order chi connectivity index (χ0) is 20.5. The van der Waals surface area contributed by atoms with E-state index in [1.165, 1.54) is 11.8 Å². The van der Waals surface area contributed by atoms with E-state index in [2.05, 4.69) is 5.32 Å². The van der Waals surface area contributed by atoms with Crippen LogP contribution in [0, 0.1) is 0 Å². The first-order chi connectivity index (χ1) is 13.2. The Kier molecular flexibility index (Phi) is 5.91. The summed E-state index contributed by atoms with van der Waals surface area (Å²) in [4.78, 5) is 38.0. The SMILES string of the molecule is CS(=O)(=O)OC1=C(C(=O)O)N2C(=O)[C@@H](NC(=O)CSc3ccccc3)[C@@H]2SC1. The molecule has 0 unspecified atom stereocenters. The summed E-state index contributed by atoms with van der Waals surface area (Å²) in [6, 6.07) is 8.41. The molecular formula is C16H16N2O7S3. The van der Waals surface area contributed by atoms with Crippen LogP contribution in [0.3, 0.4) is 0 Å². The van der Waals surface area contributed by atoms with Gasteiger partial charge in [-0.1, -0.05) is 18.2 Å². The Bertz CT molecular complexity index is 946. The van der Waals surface area contributed by atoms with Gasteiger partial charge in [0.1, 0.15) is 11.4 Å². The van der Waals surface area contributed by atoms with Crippen LogP contribution in [0.1, 0.15) is 0 Å². The van der Waals surface area contributed by atoms with Gasteiger partial charge in [-0.3, -0.25) is 14.5 Å². The third kappa shape index (κ3) is 4.45. The van der Waals surface area contributed by atoms with Crippen LogP contribution in [0.25, 0.3) is 0 Å². The smallest absolute Gasteiger partial charge is 0.356 e.